The van der Waals surface area contributed by atoms with Gasteiger partial charge in [0, 0.05) is 13.0 Å². The van der Waals surface area contributed by atoms with Gasteiger partial charge in [0.05, 0.1) is 12.7 Å². The van der Waals surface area contributed by atoms with E-state index in [2.05, 4.69) is 43.3 Å². The fourth-order valence-corrected chi connectivity index (χ4v) is 4.63. The van der Waals surface area contributed by atoms with Gasteiger partial charge in [-0.1, -0.05) is 49.2 Å². The number of hydrogen-bond donors (Lipinski definition) is 0. The van der Waals surface area contributed by atoms with E-state index in [0.717, 1.165) is 51.1 Å². The predicted molar refractivity (Wildman–Crippen MR) is 132 cm³/mol. The first-order valence-electron chi connectivity index (χ1n) is 13.0. The molecule has 2 aliphatic heterocycles. The highest BCUT2D eigenvalue weighted by Gasteiger charge is 2.17. The highest BCUT2D eigenvalue weighted by molar-refractivity contribution is 5.64. The molecule has 0 aromatic heterocycles. The molecule has 2 aromatic rings. The van der Waals surface area contributed by atoms with E-state index in [0.29, 0.717) is 6.10 Å². The zero-order valence-electron chi connectivity index (χ0n) is 20.2. The third-order valence-electron chi connectivity index (χ3n) is 6.65. The van der Waals surface area contributed by atoms with Crippen LogP contribution in [0.25, 0.3) is 11.1 Å². The topological polar surface area (TPSA) is 36.9 Å². The molecule has 0 amide bonds. The molecule has 4 heteroatoms. The summed E-state index contributed by atoms with van der Waals surface area (Å²) in [6.45, 7) is 3.84. The zero-order valence-corrected chi connectivity index (χ0v) is 20.2. The molecule has 0 radical (unpaired) electrons. The molecule has 2 saturated heterocycles. The standard InChI is InChI=1S/C29H40O4/c1-23(32-28-11-5-7-21-30-28)9-3-2-4-10-24-13-15-25(16-14-24)26-17-19-27(20-18-26)33-29-12-6-8-22-31-29/h13-20,23,28-29H,2-12,21-22H2,1H3. The zero-order chi connectivity index (χ0) is 22.7. The van der Waals surface area contributed by atoms with Crippen molar-refractivity contribution in [3.8, 4) is 16.9 Å². The molecule has 2 aromatic carbocycles. The molecule has 0 N–H and O–H groups in total. The number of unbranched alkanes of at least 4 members (excludes halogenated alkanes) is 2. The van der Waals surface area contributed by atoms with Crippen molar-refractivity contribution in [2.75, 3.05) is 13.2 Å². The minimum absolute atomic E-state index is 0.0295. The summed E-state index contributed by atoms with van der Waals surface area (Å²) in [5, 5.41) is 0. The summed E-state index contributed by atoms with van der Waals surface area (Å²) in [4.78, 5) is 0. The van der Waals surface area contributed by atoms with Crippen LogP contribution in [0.2, 0.25) is 0 Å². The van der Waals surface area contributed by atoms with E-state index in [-0.39, 0.29) is 12.6 Å². The predicted octanol–water partition coefficient (Wildman–Crippen LogP) is 7.29. The van der Waals surface area contributed by atoms with Gasteiger partial charge in [0.15, 0.2) is 12.6 Å². The van der Waals surface area contributed by atoms with Crippen molar-refractivity contribution in [2.24, 2.45) is 0 Å². The highest BCUT2D eigenvalue weighted by Crippen LogP contribution is 2.25. The van der Waals surface area contributed by atoms with Crippen LogP contribution in [0.5, 0.6) is 5.75 Å². The first-order valence-corrected chi connectivity index (χ1v) is 13.0. The minimum atomic E-state index is -0.0921. The number of benzene rings is 2. The third-order valence-corrected chi connectivity index (χ3v) is 6.65. The van der Waals surface area contributed by atoms with Crippen LogP contribution in [0.3, 0.4) is 0 Å². The largest absolute Gasteiger partial charge is 0.465 e. The van der Waals surface area contributed by atoms with Crippen LogP contribution in [0, 0.1) is 0 Å². The summed E-state index contributed by atoms with van der Waals surface area (Å²) < 4.78 is 23.3. The Hall–Kier alpha value is -1.88. The van der Waals surface area contributed by atoms with Crippen molar-refractivity contribution in [3.05, 3.63) is 54.1 Å². The minimum Gasteiger partial charge on any atom is -0.465 e. The van der Waals surface area contributed by atoms with Gasteiger partial charge in [-0.25, -0.2) is 0 Å². The molecule has 0 spiro atoms. The Morgan fingerprint density at radius 2 is 1.39 bits per heavy atom. The summed E-state index contributed by atoms with van der Waals surface area (Å²) in [5.41, 5.74) is 3.87. The van der Waals surface area contributed by atoms with Crippen LogP contribution >= 0.6 is 0 Å². The van der Waals surface area contributed by atoms with Crippen LogP contribution in [-0.2, 0) is 20.6 Å². The normalized spacial score (nSPS) is 22.1. The number of hydrogen-bond acceptors (Lipinski definition) is 4. The SMILES string of the molecule is CC(CCCCCc1ccc(-c2ccc(OC3CCCCO3)cc2)cc1)OC1CCCCO1. The number of aryl methyl sites for hydroxylation is 1. The van der Waals surface area contributed by atoms with Crippen LogP contribution in [0.1, 0.15) is 76.7 Å². The van der Waals surface area contributed by atoms with Gasteiger partial charge in [-0.05, 0) is 87.1 Å². The molecule has 2 aliphatic rings. The molecule has 3 unspecified atom stereocenters. The molecule has 180 valence electrons. The van der Waals surface area contributed by atoms with Crippen molar-refractivity contribution in [2.45, 2.75) is 96.2 Å². The monoisotopic (exact) mass is 452 g/mol. The lowest BCUT2D eigenvalue weighted by atomic mass is 10.0. The van der Waals surface area contributed by atoms with Gasteiger partial charge in [-0.15, -0.1) is 0 Å². The summed E-state index contributed by atoms with van der Waals surface area (Å²) in [7, 11) is 0. The first-order chi connectivity index (χ1) is 16.3. The van der Waals surface area contributed by atoms with Crippen LogP contribution in [0.4, 0.5) is 0 Å². The van der Waals surface area contributed by atoms with Gasteiger partial charge in [0.1, 0.15) is 5.75 Å². The maximum Gasteiger partial charge on any atom is 0.199 e. The Bertz CT molecular complexity index is 789. The maximum atomic E-state index is 6.02. The first kappa shape index (κ1) is 24.3. The van der Waals surface area contributed by atoms with Crippen LogP contribution < -0.4 is 4.74 Å². The maximum absolute atomic E-state index is 6.02. The average molecular weight is 453 g/mol. The van der Waals surface area contributed by atoms with Crippen LogP contribution in [0.15, 0.2) is 48.5 Å². The van der Waals surface area contributed by atoms with Gasteiger partial charge in [-0.2, -0.15) is 0 Å². The quantitative estimate of drug-likeness (QED) is 0.335. The van der Waals surface area contributed by atoms with E-state index in [1.54, 1.807) is 0 Å². The van der Waals surface area contributed by atoms with Crippen molar-refractivity contribution >= 4 is 0 Å². The van der Waals surface area contributed by atoms with Crippen LogP contribution in [-0.4, -0.2) is 31.9 Å². The molecular weight excluding hydrogens is 412 g/mol. The average Bonchev–Trinajstić information content (AvgIpc) is 2.86. The molecule has 4 nitrogen and oxygen atoms in total. The van der Waals surface area contributed by atoms with Gasteiger partial charge < -0.3 is 18.9 Å². The second-order valence-corrected chi connectivity index (χ2v) is 9.48. The molecule has 0 bridgehead atoms. The lowest BCUT2D eigenvalue weighted by Gasteiger charge is -2.26. The fraction of sp³-hybridized carbons (Fsp3) is 0.586. The molecular formula is C29H40O4. The van der Waals surface area contributed by atoms with Gasteiger partial charge in [0.2, 0.25) is 0 Å². The molecule has 2 heterocycles. The summed E-state index contributed by atoms with van der Waals surface area (Å²) in [6, 6.07) is 17.4. The van der Waals surface area contributed by atoms with E-state index < -0.39 is 0 Å². The van der Waals surface area contributed by atoms with Gasteiger partial charge >= 0.3 is 0 Å². The van der Waals surface area contributed by atoms with E-state index in [1.165, 1.54) is 55.2 Å². The Morgan fingerprint density at radius 3 is 2.03 bits per heavy atom. The van der Waals surface area contributed by atoms with Crippen molar-refractivity contribution < 1.29 is 18.9 Å². The molecule has 0 aliphatic carbocycles. The van der Waals surface area contributed by atoms with E-state index >= 15 is 0 Å². The molecule has 0 saturated carbocycles. The third kappa shape index (κ3) is 8.13. The highest BCUT2D eigenvalue weighted by atomic mass is 16.7. The Morgan fingerprint density at radius 1 is 0.758 bits per heavy atom. The summed E-state index contributed by atoms with van der Waals surface area (Å²) in [6.07, 6.45) is 12.9. The van der Waals surface area contributed by atoms with Gasteiger partial charge in [-0.3, -0.25) is 0 Å². The lowest BCUT2D eigenvalue weighted by Crippen LogP contribution is -2.26. The van der Waals surface area contributed by atoms with E-state index in [4.69, 9.17) is 18.9 Å². The fourth-order valence-electron chi connectivity index (χ4n) is 4.63. The second-order valence-electron chi connectivity index (χ2n) is 9.48. The Kier molecular flexibility index (Phi) is 9.64. The van der Waals surface area contributed by atoms with Gasteiger partial charge in [0.25, 0.3) is 0 Å². The number of ether oxygens (including phenoxy) is 4. The molecule has 4 rings (SSSR count). The van der Waals surface area contributed by atoms with Crippen molar-refractivity contribution in [1.82, 2.24) is 0 Å². The Balaban J connectivity index is 1.14. The van der Waals surface area contributed by atoms with E-state index in [9.17, 15) is 0 Å². The molecule has 2 fully saturated rings. The molecule has 33 heavy (non-hydrogen) atoms. The lowest BCUT2D eigenvalue weighted by molar-refractivity contribution is -0.185. The van der Waals surface area contributed by atoms with Crippen molar-refractivity contribution in [1.29, 1.82) is 0 Å². The second kappa shape index (κ2) is 13.1. The Labute approximate surface area is 199 Å². The van der Waals surface area contributed by atoms with E-state index in [1.807, 2.05) is 12.1 Å². The van der Waals surface area contributed by atoms with Crippen molar-refractivity contribution in [3.63, 3.8) is 0 Å². The smallest absolute Gasteiger partial charge is 0.199 e. The number of rotatable bonds is 11. The molecule has 3 atom stereocenters. The summed E-state index contributed by atoms with van der Waals surface area (Å²) in [5.74, 6) is 0.883. The summed E-state index contributed by atoms with van der Waals surface area (Å²) >= 11 is 0.